The van der Waals surface area contributed by atoms with E-state index in [9.17, 15) is 19.8 Å². The van der Waals surface area contributed by atoms with Crippen LogP contribution in [0.1, 0.15) is 35.4 Å². The number of carboxylic acids is 1. The number of nitrogens with one attached hydrogen (secondary N) is 1. The van der Waals surface area contributed by atoms with Gasteiger partial charge in [0.15, 0.2) is 0 Å². The van der Waals surface area contributed by atoms with E-state index in [0.717, 1.165) is 0 Å². The molecule has 7 nitrogen and oxygen atoms in total. The second-order valence-corrected chi connectivity index (χ2v) is 4.55. The van der Waals surface area contributed by atoms with E-state index in [2.05, 4.69) is 5.32 Å². The van der Waals surface area contributed by atoms with Crippen LogP contribution < -0.4 is 10.1 Å². The van der Waals surface area contributed by atoms with Crippen LogP contribution in [0.15, 0.2) is 18.2 Å². The molecule has 0 fully saturated rings. The highest BCUT2D eigenvalue weighted by Crippen LogP contribution is 2.26. The summed E-state index contributed by atoms with van der Waals surface area (Å²) in [6.45, 7) is 1.59. The summed E-state index contributed by atoms with van der Waals surface area (Å²) in [5.74, 6) is -1.25. The first-order chi connectivity index (χ1) is 9.86. The maximum Gasteiger partial charge on any atom is 0.339 e. The molecule has 0 heterocycles. The molecule has 0 bridgehead atoms. The van der Waals surface area contributed by atoms with Crippen LogP contribution in [0.5, 0.6) is 5.75 Å². The average molecular weight is 297 g/mol. The smallest absolute Gasteiger partial charge is 0.339 e. The molecule has 2 unspecified atom stereocenters. The average Bonchev–Trinajstić information content (AvgIpc) is 2.45. The van der Waals surface area contributed by atoms with Gasteiger partial charge in [0, 0.05) is 13.5 Å². The Balaban J connectivity index is 2.79. The van der Waals surface area contributed by atoms with Gasteiger partial charge in [-0.15, -0.1) is 0 Å². The first-order valence-corrected chi connectivity index (χ1v) is 6.38. The number of rotatable bonds is 7. The van der Waals surface area contributed by atoms with Crippen molar-refractivity contribution in [1.82, 2.24) is 5.32 Å². The van der Waals surface area contributed by atoms with E-state index in [1.54, 1.807) is 0 Å². The van der Waals surface area contributed by atoms with E-state index >= 15 is 0 Å². The topological polar surface area (TPSA) is 116 Å². The Labute approximate surface area is 122 Å². The van der Waals surface area contributed by atoms with Crippen LogP contribution in [0.4, 0.5) is 0 Å². The minimum Gasteiger partial charge on any atom is -0.496 e. The molecule has 1 aromatic rings. The van der Waals surface area contributed by atoms with Crippen LogP contribution in [0, 0.1) is 0 Å². The van der Waals surface area contributed by atoms with Crippen molar-refractivity contribution in [3.8, 4) is 5.75 Å². The molecule has 0 aliphatic carbocycles. The molecule has 0 aromatic heterocycles. The number of carbonyl (C=O) groups excluding carboxylic acids is 1. The predicted molar refractivity (Wildman–Crippen MR) is 74.2 cm³/mol. The Bertz CT molecular complexity index is 516. The zero-order valence-corrected chi connectivity index (χ0v) is 11.9. The lowest BCUT2D eigenvalue weighted by Crippen LogP contribution is -2.27. The van der Waals surface area contributed by atoms with Crippen LogP contribution in [-0.2, 0) is 4.79 Å². The van der Waals surface area contributed by atoms with E-state index in [1.165, 1.54) is 32.2 Å². The molecule has 0 aliphatic rings. The Morgan fingerprint density at radius 2 is 2.00 bits per heavy atom. The zero-order valence-electron chi connectivity index (χ0n) is 11.9. The molecule has 0 saturated heterocycles. The van der Waals surface area contributed by atoms with Crippen molar-refractivity contribution >= 4 is 11.9 Å². The fourth-order valence-electron chi connectivity index (χ4n) is 1.84. The monoisotopic (exact) mass is 297 g/mol. The van der Waals surface area contributed by atoms with Crippen LogP contribution in [0.3, 0.4) is 0 Å². The number of carboxylic acid groups (broad SMARTS) is 1. The second kappa shape index (κ2) is 7.61. The van der Waals surface area contributed by atoms with Gasteiger partial charge in [0.1, 0.15) is 17.4 Å². The molecule has 1 rings (SSSR count). The van der Waals surface area contributed by atoms with Crippen molar-refractivity contribution in [2.24, 2.45) is 0 Å². The number of hydrogen-bond donors (Lipinski definition) is 4. The standard InChI is InChI=1S/C14H19NO6/c1-8(16)15-6-5-11(17)13(18)9-3-4-10(14(19)20)12(7-9)21-2/h3-4,7,11,13,17-18H,5-6H2,1-2H3,(H,15,16)(H,19,20). The number of aliphatic hydroxyl groups excluding tert-OH is 2. The summed E-state index contributed by atoms with van der Waals surface area (Å²) in [5.41, 5.74) is 0.313. The predicted octanol–water partition coefficient (Wildman–Crippen LogP) is 0.314. The molecule has 0 radical (unpaired) electrons. The van der Waals surface area contributed by atoms with Gasteiger partial charge in [-0.05, 0) is 24.1 Å². The first kappa shape index (κ1) is 16.9. The number of benzene rings is 1. The molecule has 1 amide bonds. The summed E-state index contributed by atoms with van der Waals surface area (Å²) in [6.07, 6.45) is -2.11. The van der Waals surface area contributed by atoms with Gasteiger partial charge in [0.2, 0.25) is 5.91 Å². The van der Waals surface area contributed by atoms with Crippen LogP contribution >= 0.6 is 0 Å². The molecule has 0 spiro atoms. The third-order valence-electron chi connectivity index (χ3n) is 2.98. The van der Waals surface area contributed by atoms with Gasteiger partial charge in [-0.25, -0.2) is 4.79 Å². The summed E-state index contributed by atoms with van der Waals surface area (Å²) < 4.78 is 4.96. The minimum absolute atomic E-state index is 0.0267. The Morgan fingerprint density at radius 3 is 2.52 bits per heavy atom. The number of ether oxygens (including phenoxy) is 1. The minimum atomic E-state index is -1.20. The number of aromatic carboxylic acids is 1. The summed E-state index contributed by atoms with van der Waals surface area (Å²) in [7, 11) is 1.32. The van der Waals surface area contributed by atoms with Gasteiger partial charge in [-0.2, -0.15) is 0 Å². The van der Waals surface area contributed by atoms with Crippen LogP contribution in [-0.4, -0.2) is 47.0 Å². The van der Waals surface area contributed by atoms with Crippen molar-refractivity contribution in [2.75, 3.05) is 13.7 Å². The number of methoxy groups -OCH3 is 1. The molecule has 0 saturated carbocycles. The first-order valence-electron chi connectivity index (χ1n) is 6.38. The Kier molecular flexibility index (Phi) is 6.13. The molecular weight excluding hydrogens is 278 g/mol. The van der Waals surface area contributed by atoms with Crippen molar-refractivity contribution in [3.05, 3.63) is 29.3 Å². The summed E-state index contributed by atoms with van der Waals surface area (Å²) in [4.78, 5) is 21.7. The molecule has 1 aromatic carbocycles. The highest BCUT2D eigenvalue weighted by molar-refractivity contribution is 5.91. The molecule has 21 heavy (non-hydrogen) atoms. The highest BCUT2D eigenvalue weighted by Gasteiger charge is 2.21. The SMILES string of the molecule is COc1cc(C(O)C(O)CCNC(C)=O)ccc1C(=O)O. The number of carbonyl (C=O) groups is 2. The zero-order chi connectivity index (χ0) is 16.0. The van der Waals surface area contributed by atoms with E-state index in [4.69, 9.17) is 9.84 Å². The van der Waals surface area contributed by atoms with Crippen LogP contribution in [0.25, 0.3) is 0 Å². The van der Waals surface area contributed by atoms with E-state index < -0.39 is 18.2 Å². The van der Waals surface area contributed by atoms with E-state index in [0.29, 0.717) is 5.56 Å². The van der Waals surface area contributed by atoms with Gasteiger partial charge in [0.25, 0.3) is 0 Å². The Morgan fingerprint density at radius 1 is 1.33 bits per heavy atom. The molecule has 116 valence electrons. The molecule has 0 aliphatic heterocycles. The van der Waals surface area contributed by atoms with E-state index in [-0.39, 0.29) is 30.2 Å². The molecule has 2 atom stereocenters. The maximum atomic E-state index is 11.0. The third kappa shape index (κ3) is 4.73. The quantitative estimate of drug-likeness (QED) is 0.576. The van der Waals surface area contributed by atoms with E-state index in [1.807, 2.05) is 0 Å². The molecular formula is C14H19NO6. The van der Waals surface area contributed by atoms with Gasteiger partial charge in [-0.3, -0.25) is 4.79 Å². The van der Waals surface area contributed by atoms with Crippen molar-refractivity contribution in [3.63, 3.8) is 0 Å². The third-order valence-corrected chi connectivity index (χ3v) is 2.98. The fourth-order valence-corrected chi connectivity index (χ4v) is 1.84. The van der Waals surface area contributed by atoms with Crippen molar-refractivity contribution in [2.45, 2.75) is 25.6 Å². The van der Waals surface area contributed by atoms with Crippen LogP contribution in [0.2, 0.25) is 0 Å². The lowest BCUT2D eigenvalue weighted by molar-refractivity contribution is -0.119. The summed E-state index contributed by atoms with van der Waals surface area (Å²) >= 11 is 0. The van der Waals surface area contributed by atoms with Gasteiger partial charge in [0.05, 0.1) is 13.2 Å². The Hall–Kier alpha value is -2.12. The van der Waals surface area contributed by atoms with Gasteiger partial charge >= 0.3 is 5.97 Å². The summed E-state index contributed by atoms with van der Waals surface area (Å²) in [5, 5.41) is 31.4. The number of hydrogen-bond acceptors (Lipinski definition) is 5. The largest absolute Gasteiger partial charge is 0.496 e. The lowest BCUT2D eigenvalue weighted by atomic mass is 10.00. The lowest BCUT2D eigenvalue weighted by Gasteiger charge is -2.19. The van der Waals surface area contributed by atoms with Gasteiger partial charge in [-0.1, -0.05) is 6.07 Å². The summed E-state index contributed by atoms with van der Waals surface area (Å²) in [6, 6.07) is 4.09. The maximum absolute atomic E-state index is 11.0. The fraction of sp³-hybridized carbons (Fsp3) is 0.429. The number of amides is 1. The van der Waals surface area contributed by atoms with Crippen molar-refractivity contribution in [1.29, 1.82) is 0 Å². The molecule has 7 heteroatoms. The van der Waals surface area contributed by atoms with Gasteiger partial charge < -0.3 is 25.4 Å². The molecule has 4 N–H and O–H groups in total. The second-order valence-electron chi connectivity index (χ2n) is 4.55. The normalized spacial score (nSPS) is 13.3. The number of aliphatic hydroxyl groups is 2. The highest BCUT2D eigenvalue weighted by atomic mass is 16.5. The van der Waals surface area contributed by atoms with Crippen molar-refractivity contribution < 1.29 is 29.6 Å².